The van der Waals surface area contributed by atoms with Gasteiger partial charge in [-0.05, 0) is 30.1 Å². The number of hydrogen-bond donors (Lipinski definition) is 1. The lowest BCUT2D eigenvalue weighted by molar-refractivity contribution is 0.201. The Kier molecular flexibility index (Phi) is 10.3. The van der Waals surface area contributed by atoms with Crippen molar-refractivity contribution in [2.45, 2.75) is 53.4 Å². The predicted octanol–water partition coefficient (Wildman–Crippen LogP) is 5.05. The van der Waals surface area contributed by atoms with E-state index in [4.69, 9.17) is 20.9 Å². The summed E-state index contributed by atoms with van der Waals surface area (Å²) in [6.45, 7) is 9.92. The summed E-state index contributed by atoms with van der Waals surface area (Å²) in [6, 6.07) is 0. The van der Waals surface area contributed by atoms with Gasteiger partial charge < -0.3 is 9.05 Å². The molecule has 0 aliphatic heterocycles. The quantitative estimate of drug-likeness (QED) is 0.450. The van der Waals surface area contributed by atoms with Gasteiger partial charge in [0.15, 0.2) is 0 Å². The molecule has 0 spiro atoms. The molecule has 17 heavy (non-hydrogen) atoms. The first-order valence-electron chi connectivity index (χ1n) is 6.53. The number of thiol groups is 1. The van der Waals surface area contributed by atoms with Gasteiger partial charge in [-0.1, -0.05) is 59.2 Å². The number of hydrogen-bond acceptors (Lipinski definition) is 3. The van der Waals surface area contributed by atoms with Gasteiger partial charge in [0.2, 0.25) is 5.69 Å². The Morgan fingerprint density at radius 1 is 1.18 bits per heavy atom. The van der Waals surface area contributed by atoms with Crippen LogP contribution in [0.25, 0.3) is 0 Å². The zero-order chi connectivity index (χ0) is 13.3. The van der Waals surface area contributed by atoms with Crippen LogP contribution in [0, 0.1) is 11.8 Å². The Morgan fingerprint density at radius 3 is 2.24 bits per heavy atom. The normalized spacial score (nSPS) is 17.1. The van der Waals surface area contributed by atoms with Gasteiger partial charge in [0.1, 0.15) is 0 Å². The Balaban J connectivity index is 3.92. The fourth-order valence-electron chi connectivity index (χ4n) is 1.38. The van der Waals surface area contributed by atoms with Crippen LogP contribution in [0.4, 0.5) is 0 Å². The van der Waals surface area contributed by atoms with Crippen LogP contribution < -0.4 is 0 Å². The van der Waals surface area contributed by atoms with Crippen molar-refractivity contribution in [3.05, 3.63) is 0 Å². The standard InChI is InChI=1S/C12H27O2PS2/c1-5-7-8-12(6-2)10-14-15(16,17)13-9-11(3)4/h11-12H,5-10H2,1-4H3,(H,16,17)/t12-/m1/s1. The summed E-state index contributed by atoms with van der Waals surface area (Å²) in [6.07, 6.45) is 4.83. The lowest BCUT2D eigenvalue weighted by Gasteiger charge is -2.21. The van der Waals surface area contributed by atoms with Crippen LogP contribution >= 0.6 is 17.9 Å². The van der Waals surface area contributed by atoms with Crippen LogP contribution in [-0.2, 0) is 20.9 Å². The third-order valence-corrected chi connectivity index (χ3v) is 4.86. The van der Waals surface area contributed by atoms with E-state index in [1.54, 1.807) is 0 Å². The molecule has 0 fully saturated rings. The first kappa shape index (κ1) is 17.9. The molecule has 0 bridgehead atoms. The molecule has 0 saturated carbocycles. The van der Waals surface area contributed by atoms with Crippen molar-refractivity contribution in [2.75, 3.05) is 13.2 Å². The maximum Gasteiger partial charge on any atom is 0.244 e. The second-order valence-corrected chi connectivity index (χ2v) is 10.2. The van der Waals surface area contributed by atoms with Crippen LogP contribution in [-0.4, -0.2) is 13.2 Å². The van der Waals surface area contributed by atoms with E-state index in [1.807, 2.05) is 0 Å². The zero-order valence-electron chi connectivity index (χ0n) is 11.5. The highest BCUT2D eigenvalue weighted by Crippen LogP contribution is 2.54. The van der Waals surface area contributed by atoms with Crippen LogP contribution in [0.15, 0.2) is 0 Å². The maximum atomic E-state index is 5.70. The van der Waals surface area contributed by atoms with E-state index in [2.05, 4.69) is 39.9 Å². The largest absolute Gasteiger partial charge is 0.322 e. The molecule has 0 amide bonds. The summed E-state index contributed by atoms with van der Waals surface area (Å²) >= 11 is 9.62. The molecule has 0 N–H and O–H groups in total. The molecular weight excluding hydrogens is 271 g/mol. The predicted molar refractivity (Wildman–Crippen MR) is 83.3 cm³/mol. The van der Waals surface area contributed by atoms with Crippen molar-refractivity contribution in [1.29, 1.82) is 0 Å². The summed E-state index contributed by atoms with van der Waals surface area (Å²) < 4.78 is 11.3. The van der Waals surface area contributed by atoms with E-state index in [-0.39, 0.29) is 0 Å². The number of rotatable bonds is 10. The fraction of sp³-hybridized carbons (Fsp3) is 1.00. The lowest BCUT2D eigenvalue weighted by Crippen LogP contribution is -2.08. The van der Waals surface area contributed by atoms with Gasteiger partial charge in [0, 0.05) is 0 Å². The van der Waals surface area contributed by atoms with Gasteiger partial charge in [-0.3, -0.25) is 0 Å². The first-order chi connectivity index (χ1) is 7.91. The molecule has 2 nitrogen and oxygen atoms in total. The van der Waals surface area contributed by atoms with Crippen LogP contribution in [0.1, 0.15) is 53.4 Å². The molecule has 2 atom stereocenters. The Morgan fingerprint density at radius 2 is 1.76 bits per heavy atom. The highest BCUT2D eigenvalue weighted by atomic mass is 32.9. The second kappa shape index (κ2) is 9.80. The summed E-state index contributed by atoms with van der Waals surface area (Å²) in [5.41, 5.74) is -2.32. The van der Waals surface area contributed by atoms with Crippen molar-refractivity contribution in [2.24, 2.45) is 11.8 Å². The summed E-state index contributed by atoms with van der Waals surface area (Å²) in [4.78, 5) is 0. The van der Waals surface area contributed by atoms with E-state index < -0.39 is 5.69 Å². The van der Waals surface area contributed by atoms with E-state index in [0.717, 1.165) is 6.42 Å². The molecule has 0 aromatic carbocycles. The van der Waals surface area contributed by atoms with Crippen LogP contribution in [0.5, 0.6) is 0 Å². The fourth-order valence-corrected chi connectivity index (χ4v) is 3.10. The summed E-state index contributed by atoms with van der Waals surface area (Å²) in [5, 5.41) is 0. The van der Waals surface area contributed by atoms with Gasteiger partial charge in [0.25, 0.3) is 0 Å². The average Bonchev–Trinajstić information content (AvgIpc) is 2.27. The van der Waals surface area contributed by atoms with Crippen molar-refractivity contribution < 1.29 is 9.05 Å². The first-order valence-corrected chi connectivity index (χ1v) is 10.3. The Bertz CT molecular complexity index is 235. The van der Waals surface area contributed by atoms with Crippen molar-refractivity contribution >= 4 is 29.7 Å². The lowest BCUT2D eigenvalue weighted by atomic mass is 10.0. The minimum absolute atomic E-state index is 0.468. The third kappa shape index (κ3) is 10.5. The van der Waals surface area contributed by atoms with Crippen LogP contribution in [0.2, 0.25) is 0 Å². The molecule has 0 aromatic rings. The molecule has 0 heterocycles. The van der Waals surface area contributed by atoms with Crippen molar-refractivity contribution in [1.82, 2.24) is 0 Å². The van der Waals surface area contributed by atoms with Gasteiger partial charge in [-0.25, -0.2) is 0 Å². The van der Waals surface area contributed by atoms with E-state index >= 15 is 0 Å². The monoisotopic (exact) mass is 298 g/mol. The molecule has 0 aromatic heterocycles. The van der Waals surface area contributed by atoms with E-state index in [1.165, 1.54) is 19.3 Å². The Hall–Kier alpha value is 0.920. The highest BCUT2D eigenvalue weighted by molar-refractivity contribution is 8.60. The highest BCUT2D eigenvalue weighted by Gasteiger charge is 2.16. The minimum atomic E-state index is -2.32. The average molecular weight is 298 g/mol. The third-order valence-electron chi connectivity index (χ3n) is 2.59. The van der Waals surface area contributed by atoms with Crippen molar-refractivity contribution in [3.63, 3.8) is 0 Å². The molecule has 0 saturated heterocycles. The SMILES string of the molecule is CCCC[C@@H](CC)COP(=S)(S)OCC(C)C. The zero-order valence-corrected chi connectivity index (χ0v) is 14.1. The molecule has 0 aliphatic carbocycles. The second-order valence-electron chi connectivity index (χ2n) is 4.87. The van der Waals surface area contributed by atoms with Crippen LogP contribution in [0.3, 0.4) is 0 Å². The topological polar surface area (TPSA) is 18.5 Å². The molecule has 104 valence electrons. The van der Waals surface area contributed by atoms with Crippen molar-refractivity contribution in [3.8, 4) is 0 Å². The van der Waals surface area contributed by atoms with E-state index in [0.29, 0.717) is 25.0 Å². The summed E-state index contributed by atoms with van der Waals surface area (Å²) in [5.74, 6) is 1.06. The molecule has 0 radical (unpaired) electrons. The summed E-state index contributed by atoms with van der Waals surface area (Å²) in [7, 11) is 0. The van der Waals surface area contributed by atoms with Gasteiger partial charge >= 0.3 is 0 Å². The van der Waals surface area contributed by atoms with E-state index in [9.17, 15) is 0 Å². The number of unbranched alkanes of at least 4 members (excludes halogenated alkanes) is 1. The van der Waals surface area contributed by atoms with Gasteiger partial charge in [-0.2, -0.15) is 0 Å². The smallest absolute Gasteiger partial charge is 0.244 e. The Labute approximate surface area is 117 Å². The molecule has 0 rings (SSSR count). The molecule has 5 heteroatoms. The maximum absolute atomic E-state index is 5.70. The van der Waals surface area contributed by atoms with Gasteiger partial charge in [-0.15, -0.1) is 0 Å². The minimum Gasteiger partial charge on any atom is -0.322 e. The molecule has 0 aliphatic rings. The van der Waals surface area contributed by atoms with Gasteiger partial charge in [0.05, 0.1) is 13.2 Å². The molecule has 1 unspecified atom stereocenters. The molecular formula is C12H27O2PS2.